The largest absolute Gasteiger partial charge is 0.385 e. The van der Waals surface area contributed by atoms with Crippen LogP contribution in [0.15, 0.2) is 10.9 Å². The topological polar surface area (TPSA) is 89.1 Å². The van der Waals surface area contributed by atoms with E-state index in [2.05, 4.69) is 15.1 Å². The minimum Gasteiger partial charge on any atom is -0.385 e. The Labute approximate surface area is 67.0 Å². The smallest absolute Gasteiger partial charge is 0.349 e. The maximum atomic E-state index is 11.1. The number of aryl methyl sites for hydroxylation is 1. The van der Waals surface area contributed by atoms with E-state index in [0.717, 1.165) is 0 Å². The lowest BCUT2D eigenvalue weighted by molar-refractivity contribution is 0.855. The van der Waals surface area contributed by atoms with Crippen LogP contribution in [-0.2, 0) is 0 Å². The van der Waals surface area contributed by atoms with Crippen LogP contribution in [0.5, 0.6) is 0 Å². The van der Waals surface area contributed by atoms with Crippen LogP contribution in [0.1, 0.15) is 5.82 Å². The van der Waals surface area contributed by atoms with E-state index >= 15 is 0 Å². The fourth-order valence-electron chi connectivity index (χ4n) is 1.03. The molecule has 0 unspecified atom stereocenters. The molecule has 6 nitrogen and oxygen atoms in total. The molecule has 0 aliphatic rings. The van der Waals surface area contributed by atoms with E-state index in [1.54, 1.807) is 13.0 Å². The summed E-state index contributed by atoms with van der Waals surface area (Å²) in [6.07, 6.45) is 0. The maximum Gasteiger partial charge on any atom is 0.349 e. The van der Waals surface area contributed by atoms with Crippen molar-refractivity contribution in [3.05, 3.63) is 22.4 Å². The summed E-state index contributed by atoms with van der Waals surface area (Å²) in [5, 5.41) is 3.86. The number of nitrogens with two attached hydrogens (primary N) is 1. The van der Waals surface area contributed by atoms with Gasteiger partial charge in [0.05, 0.1) is 0 Å². The first-order chi connectivity index (χ1) is 5.66. The summed E-state index contributed by atoms with van der Waals surface area (Å²) in [5.41, 5.74) is 5.49. The fourth-order valence-corrected chi connectivity index (χ4v) is 1.03. The summed E-state index contributed by atoms with van der Waals surface area (Å²) >= 11 is 0. The number of nitrogen functional groups attached to an aromatic ring is 1. The molecule has 0 radical (unpaired) electrons. The number of fused-ring (bicyclic) bond motifs is 1. The lowest BCUT2D eigenvalue weighted by Gasteiger charge is -1.91. The van der Waals surface area contributed by atoms with Gasteiger partial charge in [0.2, 0.25) is 0 Å². The van der Waals surface area contributed by atoms with Gasteiger partial charge in [-0.1, -0.05) is 0 Å². The highest BCUT2D eigenvalue weighted by Crippen LogP contribution is 1.99. The predicted octanol–water partition coefficient (Wildman–Crippen LogP) is -0.692. The molecule has 0 saturated carbocycles. The van der Waals surface area contributed by atoms with E-state index in [0.29, 0.717) is 17.3 Å². The molecule has 0 aliphatic heterocycles. The maximum absolute atomic E-state index is 11.1. The van der Waals surface area contributed by atoms with Crippen molar-refractivity contribution >= 4 is 11.5 Å². The van der Waals surface area contributed by atoms with Crippen LogP contribution in [0.3, 0.4) is 0 Å². The van der Waals surface area contributed by atoms with Crippen LogP contribution < -0.4 is 11.4 Å². The normalized spacial score (nSPS) is 10.8. The van der Waals surface area contributed by atoms with Crippen molar-refractivity contribution < 1.29 is 0 Å². The third-order valence-electron chi connectivity index (χ3n) is 1.47. The van der Waals surface area contributed by atoms with Crippen LogP contribution in [0.2, 0.25) is 0 Å². The van der Waals surface area contributed by atoms with Crippen molar-refractivity contribution in [1.29, 1.82) is 0 Å². The number of hydrogen-bond donors (Lipinski definition) is 2. The Bertz CT molecular complexity index is 482. The van der Waals surface area contributed by atoms with Gasteiger partial charge in [0.1, 0.15) is 11.6 Å². The molecular weight excluding hydrogens is 158 g/mol. The average Bonchev–Trinajstić information content (AvgIpc) is 2.29. The molecule has 6 heteroatoms. The molecule has 2 aromatic rings. The van der Waals surface area contributed by atoms with E-state index in [9.17, 15) is 4.79 Å². The van der Waals surface area contributed by atoms with E-state index in [-0.39, 0.29) is 5.69 Å². The first-order valence-corrected chi connectivity index (χ1v) is 3.39. The van der Waals surface area contributed by atoms with Crippen molar-refractivity contribution in [2.24, 2.45) is 0 Å². The standard InChI is InChI=1S/C6H7N5O/c1-3-8-5-2-4(7)9-6(12)11(5)10-3/h2H,7H2,1H3,(H,9,12). The molecule has 0 aliphatic carbocycles. The Morgan fingerprint density at radius 1 is 1.67 bits per heavy atom. The van der Waals surface area contributed by atoms with Gasteiger partial charge in [0, 0.05) is 6.07 Å². The Morgan fingerprint density at radius 3 is 3.17 bits per heavy atom. The quantitative estimate of drug-likeness (QED) is 0.540. The summed E-state index contributed by atoms with van der Waals surface area (Å²) < 4.78 is 1.17. The summed E-state index contributed by atoms with van der Waals surface area (Å²) in [6.45, 7) is 1.71. The molecule has 0 spiro atoms. The van der Waals surface area contributed by atoms with E-state index in [1.165, 1.54) is 4.52 Å². The van der Waals surface area contributed by atoms with Crippen LogP contribution in [0, 0.1) is 6.92 Å². The molecule has 2 heterocycles. The molecule has 62 valence electrons. The van der Waals surface area contributed by atoms with Gasteiger partial charge in [0.15, 0.2) is 5.65 Å². The third-order valence-corrected chi connectivity index (χ3v) is 1.47. The Balaban J connectivity index is 2.98. The number of nitrogens with one attached hydrogen (secondary N) is 1. The second-order valence-corrected chi connectivity index (χ2v) is 2.46. The highest BCUT2D eigenvalue weighted by molar-refractivity contribution is 5.45. The first-order valence-electron chi connectivity index (χ1n) is 3.39. The minimum atomic E-state index is -0.370. The second-order valence-electron chi connectivity index (χ2n) is 2.46. The molecule has 0 amide bonds. The lowest BCUT2D eigenvalue weighted by Crippen LogP contribution is -2.18. The van der Waals surface area contributed by atoms with Crippen molar-refractivity contribution in [1.82, 2.24) is 19.6 Å². The molecule has 0 saturated heterocycles. The van der Waals surface area contributed by atoms with Crippen molar-refractivity contribution in [2.45, 2.75) is 6.92 Å². The molecule has 2 rings (SSSR count). The lowest BCUT2D eigenvalue weighted by atomic mass is 10.6. The van der Waals surface area contributed by atoms with Crippen molar-refractivity contribution in [2.75, 3.05) is 5.73 Å². The molecule has 12 heavy (non-hydrogen) atoms. The molecule has 2 aromatic heterocycles. The van der Waals surface area contributed by atoms with E-state index < -0.39 is 0 Å². The molecular formula is C6H7N5O. The third kappa shape index (κ3) is 0.849. The van der Waals surface area contributed by atoms with Gasteiger partial charge in [-0.2, -0.15) is 4.52 Å². The summed E-state index contributed by atoms with van der Waals surface area (Å²) in [7, 11) is 0. The molecule has 0 fully saturated rings. The van der Waals surface area contributed by atoms with E-state index in [1.807, 2.05) is 0 Å². The number of rotatable bonds is 0. The van der Waals surface area contributed by atoms with Crippen LogP contribution in [0.4, 0.5) is 5.82 Å². The molecule has 0 bridgehead atoms. The second kappa shape index (κ2) is 2.07. The SMILES string of the molecule is Cc1nc2cc(N)[nH]c(=O)n2n1. The number of aromatic amines is 1. The Morgan fingerprint density at radius 2 is 2.42 bits per heavy atom. The summed E-state index contributed by atoms with van der Waals surface area (Å²) in [6, 6.07) is 1.56. The minimum absolute atomic E-state index is 0.292. The highest BCUT2D eigenvalue weighted by Gasteiger charge is 2.02. The number of hydrogen-bond acceptors (Lipinski definition) is 4. The van der Waals surface area contributed by atoms with Gasteiger partial charge < -0.3 is 5.73 Å². The van der Waals surface area contributed by atoms with E-state index in [4.69, 9.17) is 5.73 Å². The van der Waals surface area contributed by atoms with Gasteiger partial charge in [-0.15, -0.1) is 5.10 Å². The summed E-state index contributed by atoms with van der Waals surface area (Å²) in [4.78, 5) is 17.5. The van der Waals surface area contributed by atoms with Gasteiger partial charge in [-0.05, 0) is 6.92 Å². The van der Waals surface area contributed by atoms with Gasteiger partial charge in [-0.25, -0.2) is 9.78 Å². The molecule has 0 aromatic carbocycles. The number of nitrogens with zero attached hydrogens (tertiary/aromatic N) is 3. The monoisotopic (exact) mass is 165 g/mol. The summed E-state index contributed by atoms with van der Waals surface area (Å²) in [5.74, 6) is 0.839. The highest BCUT2D eigenvalue weighted by atomic mass is 16.1. The zero-order valence-electron chi connectivity index (χ0n) is 6.40. The Kier molecular flexibility index (Phi) is 1.18. The molecule has 0 atom stereocenters. The van der Waals surface area contributed by atoms with Crippen molar-refractivity contribution in [3.8, 4) is 0 Å². The van der Waals surface area contributed by atoms with Gasteiger partial charge in [-0.3, -0.25) is 4.98 Å². The number of H-pyrrole nitrogens is 1. The van der Waals surface area contributed by atoms with Gasteiger partial charge >= 0.3 is 5.69 Å². The van der Waals surface area contributed by atoms with Crippen LogP contribution >= 0.6 is 0 Å². The molecule has 3 N–H and O–H groups in total. The number of anilines is 1. The predicted molar refractivity (Wildman–Crippen MR) is 42.8 cm³/mol. The van der Waals surface area contributed by atoms with Crippen molar-refractivity contribution in [3.63, 3.8) is 0 Å². The average molecular weight is 165 g/mol. The zero-order valence-corrected chi connectivity index (χ0v) is 6.40. The van der Waals surface area contributed by atoms with Gasteiger partial charge in [0.25, 0.3) is 0 Å². The first kappa shape index (κ1) is 6.84. The van der Waals surface area contributed by atoms with Crippen LogP contribution in [0.25, 0.3) is 5.65 Å². The zero-order chi connectivity index (χ0) is 8.72. The number of aromatic nitrogens is 4. The van der Waals surface area contributed by atoms with Crippen LogP contribution in [-0.4, -0.2) is 19.6 Å². The fraction of sp³-hybridized carbons (Fsp3) is 0.167. The Hall–Kier alpha value is -1.85.